The number of carbonyl (C=O) groups is 3. The Kier molecular flexibility index (Phi) is 4.83. The summed E-state index contributed by atoms with van der Waals surface area (Å²) in [7, 11) is 0. The highest BCUT2D eigenvalue weighted by atomic mass is 32.1. The molecular weight excluding hydrogens is 479 g/mol. The van der Waals surface area contributed by atoms with Crippen LogP contribution in [0.15, 0.2) is 22.2 Å². The molecule has 0 radical (unpaired) electrons. The summed E-state index contributed by atoms with van der Waals surface area (Å²) in [5, 5.41) is 14.6. The van der Waals surface area contributed by atoms with Gasteiger partial charge in [-0.15, -0.1) is 11.3 Å². The van der Waals surface area contributed by atoms with Gasteiger partial charge in [-0.3, -0.25) is 20.2 Å². The molecule has 0 saturated carbocycles. The van der Waals surface area contributed by atoms with Gasteiger partial charge in [0.05, 0.1) is 35.9 Å². The van der Waals surface area contributed by atoms with E-state index in [2.05, 4.69) is 26.1 Å². The number of hydrogen-bond donors (Lipinski definition) is 3. The third kappa shape index (κ3) is 3.14. The molecule has 3 aliphatic rings. The fourth-order valence-electron chi connectivity index (χ4n) is 5.58. The van der Waals surface area contributed by atoms with Crippen LogP contribution in [-0.2, 0) is 27.3 Å². The van der Waals surface area contributed by atoms with Gasteiger partial charge in [0.15, 0.2) is 17.1 Å². The van der Waals surface area contributed by atoms with Crippen LogP contribution >= 0.6 is 11.3 Å². The minimum atomic E-state index is -1.69. The summed E-state index contributed by atoms with van der Waals surface area (Å²) in [6, 6.07) is -0.0273. The molecule has 3 atom stereocenters. The lowest BCUT2D eigenvalue weighted by atomic mass is 9.66. The van der Waals surface area contributed by atoms with E-state index < -0.39 is 41.2 Å². The van der Waals surface area contributed by atoms with Crippen LogP contribution in [-0.4, -0.2) is 52.8 Å². The summed E-state index contributed by atoms with van der Waals surface area (Å²) < 4.78 is 27.3. The standard InChI is InChI=1S/C22H21FN6O5S/c1-9-8-29-15-11(6-22(17(29)10(2)33-9)19(30)26-21(32)27-20(22)31)5-12-16(14(15)23)34-28-18(12)25-7-13-24-3-4-35-13/h3-5,9-10,17H,6-8H2,1-2H3,(H,25,28)(H2,26,27,30,31,32)/t9-,10+,17-/m1/s1. The molecule has 182 valence electrons. The average Bonchev–Trinajstić information content (AvgIpc) is 3.45. The number of anilines is 2. The van der Waals surface area contributed by atoms with Crippen LogP contribution in [0.4, 0.5) is 20.7 Å². The molecule has 13 heteroatoms. The first-order valence-electron chi connectivity index (χ1n) is 11.1. The molecule has 1 aromatic carbocycles. The van der Waals surface area contributed by atoms with E-state index in [9.17, 15) is 14.4 Å². The first-order chi connectivity index (χ1) is 16.8. The Hall–Kier alpha value is -3.58. The molecule has 4 amide bonds. The van der Waals surface area contributed by atoms with E-state index in [4.69, 9.17) is 9.26 Å². The number of urea groups is 1. The van der Waals surface area contributed by atoms with Gasteiger partial charge in [0, 0.05) is 24.5 Å². The number of fused-ring (bicyclic) bond motifs is 5. The van der Waals surface area contributed by atoms with Gasteiger partial charge in [-0.2, -0.15) is 0 Å². The zero-order valence-corrected chi connectivity index (χ0v) is 19.6. The lowest BCUT2D eigenvalue weighted by Crippen LogP contribution is -2.75. The van der Waals surface area contributed by atoms with E-state index in [0.29, 0.717) is 23.3 Å². The Morgan fingerprint density at radius 3 is 2.77 bits per heavy atom. The summed E-state index contributed by atoms with van der Waals surface area (Å²) in [4.78, 5) is 44.3. The van der Waals surface area contributed by atoms with E-state index in [-0.39, 0.29) is 30.3 Å². The van der Waals surface area contributed by atoms with Crippen molar-refractivity contribution in [1.29, 1.82) is 0 Å². The first-order valence-corrected chi connectivity index (χ1v) is 12.0. The van der Waals surface area contributed by atoms with E-state index >= 15 is 4.39 Å². The zero-order chi connectivity index (χ0) is 24.5. The number of nitrogens with zero attached hydrogens (tertiary/aromatic N) is 3. The number of thiazole rings is 1. The van der Waals surface area contributed by atoms with Gasteiger partial charge in [-0.25, -0.2) is 14.2 Å². The lowest BCUT2D eigenvalue weighted by Gasteiger charge is -2.55. The molecule has 2 aromatic heterocycles. The number of rotatable bonds is 3. The van der Waals surface area contributed by atoms with Crippen molar-refractivity contribution >= 4 is 51.7 Å². The molecule has 5 heterocycles. The third-order valence-electron chi connectivity index (χ3n) is 6.86. The molecule has 3 aliphatic heterocycles. The highest BCUT2D eigenvalue weighted by molar-refractivity contribution is 7.09. The Balaban J connectivity index is 1.50. The quantitative estimate of drug-likeness (QED) is 0.460. The van der Waals surface area contributed by atoms with Crippen LogP contribution in [0.1, 0.15) is 24.4 Å². The van der Waals surface area contributed by atoms with Crippen molar-refractivity contribution < 1.29 is 28.0 Å². The number of carbonyl (C=O) groups excluding carboxylic acids is 3. The van der Waals surface area contributed by atoms with Crippen LogP contribution in [0, 0.1) is 11.2 Å². The van der Waals surface area contributed by atoms with Crippen molar-refractivity contribution in [2.45, 2.75) is 45.1 Å². The predicted octanol–water partition coefficient (Wildman–Crippen LogP) is 1.93. The molecule has 6 rings (SSSR count). The Morgan fingerprint density at radius 2 is 2.06 bits per heavy atom. The predicted molar refractivity (Wildman–Crippen MR) is 122 cm³/mol. The van der Waals surface area contributed by atoms with E-state index in [1.807, 2.05) is 12.3 Å². The molecule has 11 nitrogen and oxygen atoms in total. The highest BCUT2D eigenvalue weighted by Crippen LogP contribution is 2.49. The zero-order valence-electron chi connectivity index (χ0n) is 18.8. The van der Waals surface area contributed by atoms with Crippen LogP contribution in [0.2, 0.25) is 0 Å². The Bertz CT molecular complexity index is 1350. The molecule has 2 fully saturated rings. The molecule has 3 aromatic rings. The van der Waals surface area contributed by atoms with E-state index in [1.165, 1.54) is 11.3 Å². The van der Waals surface area contributed by atoms with Gasteiger partial charge >= 0.3 is 6.03 Å². The molecule has 3 N–H and O–H groups in total. The topological polar surface area (TPSA) is 139 Å². The van der Waals surface area contributed by atoms with E-state index in [1.54, 1.807) is 24.1 Å². The SMILES string of the molecule is C[C@@H]1CN2c3c(cc4c(NCc5nccs5)noc4c3F)CC3(C(=O)NC(=O)NC3=O)[C@H]2[C@H](C)O1. The smallest absolute Gasteiger partial charge is 0.328 e. The van der Waals surface area contributed by atoms with Crippen molar-refractivity contribution in [3.63, 3.8) is 0 Å². The number of benzene rings is 1. The molecule has 0 aliphatic carbocycles. The van der Waals surface area contributed by atoms with Crippen LogP contribution in [0.3, 0.4) is 0 Å². The molecule has 0 unspecified atom stereocenters. The molecular formula is C22H21FN6O5S. The van der Waals surface area contributed by atoms with Gasteiger partial charge in [0.25, 0.3) is 0 Å². The Morgan fingerprint density at radius 1 is 1.29 bits per heavy atom. The number of halogens is 1. The first kappa shape index (κ1) is 21.9. The second-order valence-electron chi connectivity index (χ2n) is 9.02. The normalized spacial score (nSPS) is 25.3. The number of barbiturate groups is 1. The summed E-state index contributed by atoms with van der Waals surface area (Å²) in [6.45, 7) is 4.19. The molecule has 0 bridgehead atoms. The number of nitrogens with one attached hydrogen (secondary N) is 3. The maximum Gasteiger partial charge on any atom is 0.328 e. The number of morpholine rings is 1. The van der Waals surface area contributed by atoms with Crippen molar-refractivity contribution in [1.82, 2.24) is 20.8 Å². The summed E-state index contributed by atoms with van der Waals surface area (Å²) in [5.41, 5.74) is -1.03. The fraction of sp³-hybridized carbons (Fsp3) is 0.409. The number of amides is 4. The van der Waals surface area contributed by atoms with Crippen molar-refractivity contribution in [3.05, 3.63) is 34.0 Å². The van der Waals surface area contributed by atoms with Crippen molar-refractivity contribution in [3.8, 4) is 0 Å². The highest BCUT2D eigenvalue weighted by Gasteiger charge is 2.63. The van der Waals surface area contributed by atoms with Gasteiger partial charge in [0.1, 0.15) is 5.01 Å². The van der Waals surface area contributed by atoms with Crippen molar-refractivity contribution in [2.75, 3.05) is 16.8 Å². The van der Waals surface area contributed by atoms with Gasteiger partial charge < -0.3 is 19.5 Å². The molecule has 2 saturated heterocycles. The summed E-state index contributed by atoms with van der Waals surface area (Å²) in [6.07, 6.45) is 0.669. The largest absolute Gasteiger partial charge is 0.372 e. The van der Waals surface area contributed by atoms with Crippen LogP contribution < -0.4 is 20.9 Å². The number of imide groups is 2. The Labute approximate surface area is 202 Å². The average molecular weight is 501 g/mol. The third-order valence-corrected chi connectivity index (χ3v) is 7.64. The van der Waals surface area contributed by atoms with Gasteiger partial charge in [-0.1, -0.05) is 5.16 Å². The van der Waals surface area contributed by atoms with Crippen LogP contribution in [0.25, 0.3) is 11.0 Å². The second kappa shape index (κ2) is 7.71. The van der Waals surface area contributed by atoms with Gasteiger partial charge in [0.2, 0.25) is 17.4 Å². The number of hydrogen-bond acceptors (Lipinski definition) is 10. The summed E-state index contributed by atoms with van der Waals surface area (Å²) >= 11 is 1.46. The minimum absolute atomic E-state index is 0.0281. The number of ether oxygens (including phenoxy) is 1. The maximum absolute atomic E-state index is 16.0. The minimum Gasteiger partial charge on any atom is -0.372 e. The van der Waals surface area contributed by atoms with Gasteiger partial charge in [-0.05, 0) is 25.5 Å². The molecule has 1 spiro atoms. The fourth-order valence-corrected chi connectivity index (χ4v) is 6.13. The maximum atomic E-state index is 16.0. The van der Waals surface area contributed by atoms with Crippen LogP contribution in [0.5, 0.6) is 0 Å². The second-order valence-corrected chi connectivity index (χ2v) is 10.00. The summed E-state index contributed by atoms with van der Waals surface area (Å²) in [5.74, 6) is -1.76. The van der Waals surface area contributed by atoms with Crippen molar-refractivity contribution in [2.24, 2.45) is 5.41 Å². The number of aromatic nitrogens is 2. The lowest BCUT2D eigenvalue weighted by molar-refractivity contribution is -0.153. The van der Waals surface area contributed by atoms with E-state index in [0.717, 1.165) is 5.01 Å². The monoisotopic (exact) mass is 500 g/mol. The molecule has 35 heavy (non-hydrogen) atoms.